The summed E-state index contributed by atoms with van der Waals surface area (Å²) in [4.78, 5) is 15.5. The van der Waals surface area contributed by atoms with Crippen molar-refractivity contribution in [3.05, 3.63) is 22.3 Å². The summed E-state index contributed by atoms with van der Waals surface area (Å²) in [6, 6.07) is -0.0597. The molecule has 2 bridgehead atoms. The Morgan fingerprint density at radius 2 is 2.03 bits per heavy atom. The molecule has 1 amide bonds. The van der Waals surface area contributed by atoms with E-state index in [1.165, 1.54) is 0 Å². The second-order valence-corrected chi connectivity index (χ2v) is 14.6. The molecule has 3 heterocycles. The Morgan fingerprint density at radius 1 is 1.31 bits per heavy atom. The Bertz CT molecular complexity index is 1340. The van der Waals surface area contributed by atoms with Crippen molar-refractivity contribution >= 4 is 48.1 Å². The van der Waals surface area contributed by atoms with Crippen molar-refractivity contribution in [2.24, 2.45) is 28.1 Å². The number of amides is 1. The first-order valence-electron chi connectivity index (χ1n) is 11.8. The fraction of sp³-hybridized carbons (Fsp3) is 0.636. The van der Waals surface area contributed by atoms with Crippen LogP contribution >= 0.6 is 11.3 Å². The SMILES string of the molecule is CC(C)CCN1C(=O)C(C2=NS(=O)(=O)c3c(CNS(C)(=O)=O)csc3N2)=C(O)C2C1[C@@H]1CC[C@H]2C1. The number of aliphatic hydroxyl groups is 1. The van der Waals surface area contributed by atoms with Crippen LogP contribution in [0.5, 0.6) is 0 Å². The number of sulfonamides is 2. The van der Waals surface area contributed by atoms with Gasteiger partial charge in [-0.3, -0.25) is 4.79 Å². The van der Waals surface area contributed by atoms with Crippen molar-refractivity contribution in [2.75, 3.05) is 18.1 Å². The summed E-state index contributed by atoms with van der Waals surface area (Å²) >= 11 is 1.09. The average molecular weight is 543 g/mol. The lowest BCUT2D eigenvalue weighted by Gasteiger charge is -2.44. The van der Waals surface area contributed by atoms with E-state index in [0.717, 1.165) is 43.3 Å². The van der Waals surface area contributed by atoms with Crippen molar-refractivity contribution in [3.8, 4) is 0 Å². The van der Waals surface area contributed by atoms with E-state index in [2.05, 4.69) is 28.3 Å². The number of nitrogens with zero attached hydrogens (tertiary/aromatic N) is 2. The molecule has 1 aromatic heterocycles. The van der Waals surface area contributed by atoms with Crippen LogP contribution in [0.1, 0.15) is 45.1 Å². The minimum atomic E-state index is -4.23. The molecule has 3 N–H and O–H groups in total. The molecule has 13 heteroatoms. The van der Waals surface area contributed by atoms with Gasteiger partial charge in [-0.2, -0.15) is 8.42 Å². The fourth-order valence-corrected chi connectivity index (χ4v) is 9.03. The summed E-state index contributed by atoms with van der Waals surface area (Å²) in [6.07, 6.45) is 4.79. The van der Waals surface area contributed by atoms with Gasteiger partial charge >= 0.3 is 0 Å². The van der Waals surface area contributed by atoms with Crippen molar-refractivity contribution in [3.63, 3.8) is 0 Å². The van der Waals surface area contributed by atoms with Gasteiger partial charge in [-0.15, -0.1) is 15.7 Å². The highest BCUT2D eigenvalue weighted by Gasteiger charge is 2.57. The maximum atomic E-state index is 13.7. The number of hydrogen-bond donors (Lipinski definition) is 3. The highest BCUT2D eigenvalue weighted by Crippen LogP contribution is 2.55. The summed E-state index contributed by atoms with van der Waals surface area (Å²) in [5.41, 5.74) is 0.201. The van der Waals surface area contributed by atoms with Crippen LogP contribution in [-0.2, 0) is 31.4 Å². The van der Waals surface area contributed by atoms with Gasteiger partial charge in [0, 0.05) is 30.6 Å². The van der Waals surface area contributed by atoms with Crippen LogP contribution in [0.2, 0.25) is 0 Å². The second-order valence-electron chi connectivity index (χ2n) is 10.3. The number of anilines is 1. The van der Waals surface area contributed by atoms with Gasteiger partial charge in [0.05, 0.1) is 6.26 Å². The minimum absolute atomic E-state index is 0.0597. The van der Waals surface area contributed by atoms with Crippen molar-refractivity contribution in [2.45, 2.75) is 57.0 Å². The molecule has 0 radical (unpaired) electrons. The Morgan fingerprint density at radius 3 is 2.71 bits per heavy atom. The third-order valence-corrected chi connectivity index (χ3v) is 10.7. The van der Waals surface area contributed by atoms with Gasteiger partial charge in [-0.1, -0.05) is 13.8 Å². The summed E-state index contributed by atoms with van der Waals surface area (Å²) in [6.45, 7) is 4.53. The number of rotatable bonds is 7. The van der Waals surface area contributed by atoms with Crippen molar-refractivity contribution in [1.29, 1.82) is 0 Å². The van der Waals surface area contributed by atoms with E-state index < -0.39 is 26.0 Å². The van der Waals surface area contributed by atoms with Gasteiger partial charge in [0.2, 0.25) is 10.0 Å². The molecule has 0 aromatic carbocycles. The Kier molecular flexibility index (Phi) is 6.05. The molecule has 2 saturated carbocycles. The molecule has 35 heavy (non-hydrogen) atoms. The molecule has 2 aliphatic carbocycles. The molecular formula is C22H30N4O6S3. The highest BCUT2D eigenvalue weighted by atomic mass is 32.2. The summed E-state index contributed by atoms with van der Waals surface area (Å²) < 4.78 is 55.5. The zero-order valence-corrected chi connectivity index (χ0v) is 22.3. The lowest BCUT2D eigenvalue weighted by Crippen LogP contribution is -2.54. The molecule has 5 rings (SSSR count). The van der Waals surface area contributed by atoms with Crippen LogP contribution in [0.15, 0.2) is 26.0 Å². The topological polar surface area (TPSA) is 145 Å². The van der Waals surface area contributed by atoms with Gasteiger partial charge < -0.3 is 15.3 Å². The van der Waals surface area contributed by atoms with Crippen LogP contribution in [0.25, 0.3) is 0 Å². The van der Waals surface area contributed by atoms with E-state index in [-0.39, 0.29) is 57.1 Å². The summed E-state index contributed by atoms with van der Waals surface area (Å²) in [5.74, 6) is 0.178. The quantitative estimate of drug-likeness (QED) is 0.480. The highest BCUT2D eigenvalue weighted by molar-refractivity contribution is 7.91. The number of fused-ring (bicyclic) bond motifs is 6. The Balaban J connectivity index is 1.53. The monoisotopic (exact) mass is 542 g/mol. The van der Waals surface area contributed by atoms with Crippen LogP contribution in [0, 0.1) is 23.7 Å². The molecule has 0 saturated heterocycles. The standard InChI is InChI=1S/C22H30N4O6S3/c1-11(2)6-7-26-17-13-5-4-12(8-13)15(17)18(27)16(22(26)28)20-24-21-19(35(31,32)25-20)14(10-33-21)9-23-34(3,29)30/h10-13,15,17,23,27H,4-9H2,1-3H3,(H,24,25)/t12-,13+,15?,17?/m0/s1. The number of thiophene rings is 1. The number of carbonyl (C=O) groups is 1. The van der Waals surface area contributed by atoms with Crippen LogP contribution in [-0.4, -0.2) is 57.4 Å². The zero-order valence-electron chi connectivity index (χ0n) is 19.8. The first kappa shape index (κ1) is 24.7. The first-order valence-corrected chi connectivity index (χ1v) is 16.0. The summed E-state index contributed by atoms with van der Waals surface area (Å²) in [5, 5.41) is 16.1. The molecule has 4 aliphatic rings. The van der Waals surface area contributed by atoms with E-state index in [9.17, 15) is 26.7 Å². The number of hydrogen-bond acceptors (Lipinski definition) is 8. The van der Waals surface area contributed by atoms with Gasteiger partial charge in [-0.05, 0) is 48.8 Å². The van der Waals surface area contributed by atoms with E-state index in [4.69, 9.17) is 0 Å². The maximum Gasteiger partial charge on any atom is 0.287 e. The molecule has 4 atom stereocenters. The Hall–Kier alpha value is -1.96. The van der Waals surface area contributed by atoms with Crippen molar-refractivity contribution in [1.82, 2.24) is 9.62 Å². The number of aliphatic hydroxyl groups excluding tert-OH is 1. The van der Waals surface area contributed by atoms with Crippen LogP contribution in [0.4, 0.5) is 5.00 Å². The van der Waals surface area contributed by atoms with E-state index in [1.54, 1.807) is 5.38 Å². The predicted molar refractivity (Wildman–Crippen MR) is 133 cm³/mol. The smallest absolute Gasteiger partial charge is 0.287 e. The van der Waals surface area contributed by atoms with E-state index in [0.29, 0.717) is 18.4 Å². The average Bonchev–Trinajstić information content (AvgIpc) is 3.46. The van der Waals surface area contributed by atoms with Crippen molar-refractivity contribution < 1.29 is 26.7 Å². The minimum Gasteiger partial charge on any atom is -0.511 e. The lowest BCUT2D eigenvalue weighted by molar-refractivity contribution is -0.133. The lowest BCUT2D eigenvalue weighted by atomic mass is 9.77. The van der Waals surface area contributed by atoms with Gasteiger partial charge in [-0.25, -0.2) is 13.1 Å². The van der Waals surface area contributed by atoms with E-state index in [1.807, 2.05) is 4.90 Å². The van der Waals surface area contributed by atoms with Crippen LogP contribution < -0.4 is 10.0 Å². The Labute approximate surface area is 209 Å². The predicted octanol–water partition coefficient (Wildman–Crippen LogP) is 2.43. The molecular weight excluding hydrogens is 512 g/mol. The van der Waals surface area contributed by atoms with Gasteiger partial charge in [0.1, 0.15) is 21.2 Å². The molecule has 10 nitrogen and oxygen atoms in total. The molecule has 2 unspecified atom stereocenters. The largest absolute Gasteiger partial charge is 0.511 e. The zero-order chi connectivity index (χ0) is 25.3. The van der Waals surface area contributed by atoms with Gasteiger partial charge in [0.15, 0.2) is 5.84 Å². The van der Waals surface area contributed by atoms with Crippen LogP contribution in [0.3, 0.4) is 0 Å². The summed E-state index contributed by atoms with van der Waals surface area (Å²) in [7, 11) is -7.76. The molecule has 0 spiro atoms. The van der Waals surface area contributed by atoms with Gasteiger partial charge in [0.25, 0.3) is 15.9 Å². The van der Waals surface area contributed by atoms with E-state index >= 15 is 0 Å². The second kappa shape index (κ2) is 8.56. The third kappa shape index (κ3) is 4.30. The normalized spacial score (nSPS) is 29.3. The molecule has 2 fully saturated rings. The number of carbonyl (C=O) groups excluding carboxylic acids is 1. The number of amidine groups is 1. The fourth-order valence-electron chi connectivity index (χ4n) is 6.01. The molecule has 192 valence electrons. The molecule has 2 aliphatic heterocycles. The molecule has 1 aromatic rings. The first-order chi connectivity index (χ1) is 16.4. The maximum absolute atomic E-state index is 13.7. The third-order valence-electron chi connectivity index (χ3n) is 7.51. The number of nitrogens with one attached hydrogen (secondary N) is 2.